The van der Waals surface area contributed by atoms with Crippen molar-refractivity contribution in [3.8, 4) is 0 Å². The molecule has 0 heterocycles. The average molecular weight is 350 g/mol. The summed E-state index contributed by atoms with van der Waals surface area (Å²) in [5.41, 5.74) is -7.13. The average Bonchev–Trinajstić information content (AvgIpc) is 2.34. The fourth-order valence-electron chi connectivity index (χ4n) is 1.94. The third kappa shape index (κ3) is 3.15. The van der Waals surface area contributed by atoms with Crippen LogP contribution in [-0.2, 0) is 11.0 Å². The minimum absolute atomic E-state index is 0.404. The largest absolute Gasteiger partial charge is 0.457 e. The number of benzene rings is 1. The first-order valence-electron chi connectivity index (χ1n) is 6.31. The fourth-order valence-corrected chi connectivity index (χ4v) is 1.94. The number of alkyl halides is 8. The summed E-state index contributed by atoms with van der Waals surface area (Å²) < 4.78 is 103. The van der Waals surface area contributed by atoms with Gasteiger partial charge >= 0.3 is 18.3 Å². The van der Waals surface area contributed by atoms with E-state index in [2.05, 4.69) is 0 Å². The summed E-state index contributed by atoms with van der Waals surface area (Å²) in [5, 5.41) is 9.38. The van der Waals surface area contributed by atoms with E-state index in [1.807, 2.05) is 0 Å². The van der Waals surface area contributed by atoms with Crippen molar-refractivity contribution in [2.45, 2.75) is 50.1 Å². The first-order chi connectivity index (χ1) is 9.96. The third-order valence-corrected chi connectivity index (χ3v) is 3.39. The molecule has 0 bridgehead atoms. The van der Waals surface area contributed by atoms with Crippen LogP contribution in [0.3, 0.4) is 0 Å². The maximum Gasteiger partial charge on any atom is 0.457 e. The number of rotatable bonds is 2. The van der Waals surface area contributed by atoms with Crippen molar-refractivity contribution in [3.05, 3.63) is 35.4 Å². The molecule has 1 aromatic carbocycles. The zero-order valence-corrected chi connectivity index (χ0v) is 12.3. The predicted octanol–water partition coefficient (Wildman–Crippen LogP) is 4.93. The molecule has 9 heteroatoms. The molecule has 0 aliphatic heterocycles. The quantitative estimate of drug-likeness (QED) is 0.750. The van der Waals surface area contributed by atoms with Crippen LogP contribution < -0.4 is 0 Å². The molecular weight excluding hydrogens is 336 g/mol. The zero-order chi connectivity index (χ0) is 18.5. The van der Waals surface area contributed by atoms with Gasteiger partial charge in [-0.1, -0.05) is 45.0 Å². The van der Waals surface area contributed by atoms with Gasteiger partial charge in [0.1, 0.15) is 0 Å². The van der Waals surface area contributed by atoms with Crippen LogP contribution in [0.1, 0.15) is 31.9 Å². The van der Waals surface area contributed by atoms with Gasteiger partial charge in [-0.3, -0.25) is 0 Å². The van der Waals surface area contributed by atoms with Crippen LogP contribution in [0.2, 0.25) is 0 Å². The minimum Gasteiger partial charge on any atom is -0.371 e. The molecule has 0 spiro atoms. The van der Waals surface area contributed by atoms with Gasteiger partial charge in [0.05, 0.1) is 0 Å². The van der Waals surface area contributed by atoms with Crippen molar-refractivity contribution >= 4 is 0 Å². The van der Waals surface area contributed by atoms with Gasteiger partial charge in [0.25, 0.3) is 5.60 Å². The Labute approximate surface area is 126 Å². The fraction of sp³-hybridized carbons (Fsp3) is 0.571. The Morgan fingerprint density at radius 3 is 1.26 bits per heavy atom. The lowest BCUT2D eigenvalue weighted by Gasteiger charge is -2.38. The van der Waals surface area contributed by atoms with Crippen LogP contribution in [0.5, 0.6) is 0 Å². The van der Waals surface area contributed by atoms with Gasteiger partial charge in [-0.2, -0.15) is 35.1 Å². The molecule has 0 saturated heterocycles. The molecule has 0 amide bonds. The molecule has 23 heavy (non-hydrogen) atoms. The second-order valence-corrected chi connectivity index (χ2v) is 6.11. The molecule has 0 fully saturated rings. The van der Waals surface area contributed by atoms with E-state index in [0.29, 0.717) is 17.7 Å². The summed E-state index contributed by atoms with van der Waals surface area (Å²) >= 11 is 0. The molecule has 1 N–H and O–H groups in total. The molecule has 1 nitrogen and oxygen atoms in total. The van der Waals surface area contributed by atoms with Gasteiger partial charge in [-0.15, -0.1) is 0 Å². The summed E-state index contributed by atoms with van der Waals surface area (Å²) in [7, 11) is 0. The highest BCUT2D eigenvalue weighted by Gasteiger charge is 2.80. The first-order valence-corrected chi connectivity index (χ1v) is 6.31. The normalized spacial score (nSPS) is 17.0. The van der Waals surface area contributed by atoms with Gasteiger partial charge in [-0.25, -0.2) is 0 Å². The Hall–Kier alpha value is -1.38. The van der Waals surface area contributed by atoms with E-state index < -0.39 is 34.9 Å². The smallest absolute Gasteiger partial charge is 0.371 e. The molecule has 132 valence electrons. The summed E-state index contributed by atoms with van der Waals surface area (Å²) in [6.45, 7) is 5.01. The number of halogens is 8. The molecular formula is C14H14F8O. The monoisotopic (exact) mass is 350 g/mol. The standard InChI is InChI=1S/C14H14F8O/c1-10(2,3)8-4-6-9(7-5-8)11(23,13(17,18)19)12(15,16)14(20,21)22/h4-7,23H,1-3H3. The van der Waals surface area contributed by atoms with Gasteiger partial charge < -0.3 is 5.11 Å². The molecule has 0 saturated carbocycles. The maximum atomic E-state index is 13.4. The molecule has 1 aromatic rings. The number of hydrogen-bond acceptors (Lipinski definition) is 1. The van der Waals surface area contributed by atoms with E-state index in [1.165, 1.54) is 0 Å². The highest BCUT2D eigenvalue weighted by Crippen LogP contribution is 2.55. The lowest BCUT2D eigenvalue weighted by Crippen LogP contribution is -2.62. The van der Waals surface area contributed by atoms with Crippen LogP contribution in [0, 0.1) is 0 Å². The summed E-state index contributed by atoms with van der Waals surface area (Å²) in [6, 6.07) is 2.79. The summed E-state index contributed by atoms with van der Waals surface area (Å²) in [5.74, 6) is -6.42. The van der Waals surface area contributed by atoms with Crippen LogP contribution in [0.4, 0.5) is 35.1 Å². The topological polar surface area (TPSA) is 20.2 Å². The summed E-state index contributed by atoms with van der Waals surface area (Å²) in [4.78, 5) is 0. The first kappa shape index (κ1) is 19.7. The highest BCUT2D eigenvalue weighted by molar-refractivity contribution is 5.34. The predicted molar refractivity (Wildman–Crippen MR) is 66.1 cm³/mol. The van der Waals surface area contributed by atoms with Crippen molar-refractivity contribution in [1.29, 1.82) is 0 Å². The van der Waals surface area contributed by atoms with Crippen LogP contribution in [-0.4, -0.2) is 23.4 Å². The second kappa shape index (κ2) is 5.32. The molecule has 0 radical (unpaired) electrons. The molecule has 0 aromatic heterocycles. The maximum absolute atomic E-state index is 13.4. The Morgan fingerprint density at radius 2 is 1.00 bits per heavy atom. The Kier molecular flexibility index (Phi) is 4.55. The van der Waals surface area contributed by atoms with Crippen molar-refractivity contribution in [1.82, 2.24) is 0 Å². The van der Waals surface area contributed by atoms with E-state index in [-0.39, 0.29) is 0 Å². The number of aliphatic hydroxyl groups is 1. The third-order valence-electron chi connectivity index (χ3n) is 3.39. The zero-order valence-electron chi connectivity index (χ0n) is 12.3. The van der Waals surface area contributed by atoms with E-state index >= 15 is 0 Å². The number of hydrogen-bond donors (Lipinski definition) is 1. The Balaban J connectivity index is 3.57. The van der Waals surface area contributed by atoms with E-state index in [4.69, 9.17) is 0 Å². The Bertz CT molecular complexity index is 550. The van der Waals surface area contributed by atoms with E-state index in [1.54, 1.807) is 20.8 Å². The lowest BCUT2D eigenvalue weighted by atomic mass is 9.82. The highest BCUT2D eigenvalue weighted by atomic mass is 19.4. The molecule has 0 aliphatic rings. The van der Waals surface area contributed by atoms with Crippen LogP contribution in [0.25, 0.3) is 0 Å². The van der Waals surface area contributed by atoms with Crippen molar-refractivity contribution in [3.63, 3.8) is 0 Å². The van der Waals surface area contributed by atoms with Gasteiger partial charge in [0.15, 0.2) is 0 Å². The van der Waals surface area contributed by atoms with E-state index in [0.717, 1.165) is 12.1 Å². The van der Waals surface area contributed by atoms with Gasteiger partial charge in [0, 0.05) is 0 Å². The van der Waals surface area contributed by atoms with E-state index in [9.17, 15) is 40.2 Å². The molecule has 1 unspecified atom stereocenters. The second-order valence-electron chi connectivity index (χ2n) is 6.11. The Morgan fingerprint density at radius 1 is 0.652 bits per heavy atom. The molecule has 0 aliphatic carbocycles. The van der Waals surface area contributed by atoms with Gasteiger partial charge in [0.2, 0.25) is 0 Å². The van der Waals surface area contributed by atoms with Crippen molar-refractivity contribution in [2.75, 3.05) is 0 Å². The molecule has 1 rings (SSSR count). The minimum atomic E-state index is -6.58. The van der Waals surface area contributed by atoms with Crippen molar-refractivity contribution in [2.24, 2.45) is 0 Å². The SMILES string of the molecule is CC(C)(C)c1ccc(C(O)(C(F)(F)F)C(F)(F)C(F)(F)F)cc1. The van der Waals surface area contributed by atoms with Crippen molar-refractivity contribution < 1.29 is 40.2 Å². The van der Waals surface area contributed by atoms with Gasteiger partial charge in [-0.05, 0) is 16.5 Å². The van der Waals surface area contributed by atoms with Crippen LogP contribution in [0.15, 0.2) is 24.3 Å². The van der Waals surface area contributed by atoms with Crippen LogP contribution >= 0.6 is 0 Å². The summed E-state index contributed by atoms with van der Waals surface area (Å²) in [6.07, 6.45) is -12.8. The molecule has 1 atom stereocenters. The lowest BCUT2D eigenvalue weighted by molar-refractivity contribution is -0.409.